The van der Waals surface area contributed by atoms with Gasteiger partial charge in [-0.05, 0) is 47.6 Å². The second-order valence-corrected chi connectivity index (χ2v) is 6.25. The van der Waals surface area contributed by atoms with E-state index in [2.05, 4.69) is 51.7 Å². The summed E-state index contributed by atoms with van der Waals surface area (Å²) in [5, 5.41) is 0. The number of benzene rings is 1. The van der Waals surface area contributed by atoms with Gasteiger partial charge in [-0.1, -0.05) is 19.1 Å². The molecule has 5 heteroatoms. The van der Waals surface area contributed by atoms with Crippen LogP contribution in [0.3, 0.4) is 0 Å². The Kier molecular flexibility index (Phi) is 4.81. The molecule has 0 bridgehead atoms. The van der Waals surface area contributed by atoms with Gasteiger partial charge in [-0.3, -0.25) is 4.90 Å². The highest BCUT2D eigenvalue weighted by Gasteiger charge is 2.22. The lowest BCUT2D eigenvalue weighted by atomic mass is 10.1. The van der Waals surface area contributed by atoms with E-state index < -0.39 is 0 Å². The molecule has 0 aromatic heterocycles. The summed E-state index contributed by atoms with van der Waals surface area (Å²) >= 11 is 8.58. The molecule has 0 aliphatic carbocycles. The minimum Gasteiger partial charge on any atom is -0.389 e. The highest BCUT2D eigenvalue weighted by atomic mass is 79.9. The van der Waals surface area contributed by atoms with Crippen LogP contribution in [-0.4, -0.2) is 42.1 Å². The topological polar surface area (TPSA) is 32.5 Å². The van der Waals surface area contributed by atoms with E-state index in [1.807, 2.05) is 6.07 Å². The Morgan fingerprint density at radius 3 is 2.74 bits per heavy atom. The van der Waals surface area contributed by atoms with E-state index in [1.54, 1.807) is 0 Å². The van der Waals surface area contributed by atoms with Crippen molar-refractivity contribution in [3.05, 3.63) is 28.2 Å². The molecule has 1 fully saturated rings. The summed E-state index contributed by atoms with van der Waals surface area (Å²) in [4.78, 5) is 5.36. The zero-order chi connectivity index (χ0) is 14.0. The Morgan fingerprint density at radius 1 is 1.47 bits per heavy atom. The second-order valence-electron chi connectivity index (χ2n) is 4.95. The fraction of sp³-hybridized carbons (Fsp3) is 0.500. The van der Waals surface area contributed by atoms with Crippen molar-refractivity contribution in [1.82, 2.24) is 4.90 Å². The van der Waals surface area contributed by atoms with Gasteiger partial charge in [0, 0.05) is 41.4 Å². The van der Waals surface area contributed by atoms with Crippen LogP contribution in [-0.2, 0) is 0 Å². The van der Waals surface area contributed by atoms with Crippen molar-refractivity contribution in [2.45, 2.75) is 19.9 Å². The lowest BCUT2D eigenvalue weighted by molar-refractivity contribution is 0.199. The number of piperazine rings is 1. The molecule has 0 spiro atoms. The Hall–Kier alpha value is -0.650. The van der Waals surface area contributed by atoms with E-state index in [0.29, 0.717) is 11.0 Å². The van der Waals surface area contributed by atoms with E-state index in [0.717, 1.165) is 36.2 Å². The lowest BCUT2D eigenvalue weighted by Gasteiger charge is -2.40. The molecule has 0 amide bonds. The van der Waals surface area contributed by atoms with Gasteiger partial charge in [0.2, 0.25) is 0 Å². The van der Waals surface area contributed by atoms with Gasteiger partial charge in [-0.2, -0.15) is 0 Å². The first kappa shape index (κ1) is 14.8. The zero-order valence-electron chi connectivity index (χ0n) is 11.4. The summed E-state index contributed by atoms with van der Waals surface area (Å²) in [5.74, 6) is 0. The van der Waals surface area contributed by atoms with Crippen molar-refractivity contribution >= 4 is 38.8 Å². The highest BCUT2D eigenvalue weighted by molar-refractivity contribution is 9.10. The van der Waals surface area contributed by atoms with Crippen LogP contribution in [0.15, 0.2) is 22.7 Å². The number of nitrogens with two attached hydrogens (primary N) is 1. The van der Waals surface area contributed by atoms with Crippen molar-refractivity contribution in [3.63, 3.8) is 0 Å². The van der Waals surface area contributed by atoms with Crippen molar-refractivity contribution in [3.8, 4) is 0 Å². The first-order valence-corrected chi connectivity index (χ1v) is 7.81. The Bertz CT molecular complexity index is 478. The number of hydrogen-bond acceptors (Lipinski definition) is 3. The van der Waals surface area contributed by atoms with Crippen LogP contribution in [0.4, 0.5) is 5.69 Å². The number of rotatable bonds is 3. The summed E-state index contributed by atoms with van der Waals surface area (Å²) in [6.07, 6.45) is 0. The second kappa shape index (κ2) is 6.20. The molecule has 0 radical (unpaired) electrons. The molecule has 1 heterocycles. The molecular formula is C14H20BrN3S. The molecule has 2 N–H and O–H groups in total. The van der Waals surface area contributed by atoms with E-state index in [4.69, 9.17) is 18.0 Å². The van der Waals surface area contributed by atoms with Crippen molar-refractivity contribution in [1.29, 1.82) is 0 Å². The smallest absolute Gasteiger partial charge is 0.105 e. The number of thiocarbonyl (C=S) groups is 1. The minimum atomic E-state index is 0.433. The van der Waals surface area contributed by atoms with Crippen molar-refractivity contribution in [2.75, 3.05) is 31.1 Å². The maximum atomic E-state index is 5.68. The summed E-state index contributed by atoms with van der Waals surface area (Å²) in [6.45, 7) is 8.88. The molecule has 1 atom stereocenters. The van der Waals surface area contributed by atoms with Crippen molar-refractivity contribution < 1.29 is 0 Å². The van der Waals surface area contributed by atoms with E-state index in [9.17, 15) is 0 Å². The van der Waals surface area contributed by atoms with Gasteiger partial charge in [0.25, 0.3) is 0 Å². The maximum Gasteiger partial charge on any atom is 0.105 e. The SMILES string of the molecule is CCN1CCN(c2ccc(C(N)=S)c(Br)c2)CC1C. The summed E-state index contributed by atoms with van der Waals surface area (Å²) in [5.41, 5.74) is 7.82. The molecule has 0 saturated carbocycles. The summed E-state index contributed by atoms with van der Waals surface area (Å²) in [7, 11) is 0. The first-order valence-electron chi connectivity index (χ1n) is 6.61. The molecule has 19 heavy (non-hydrogen) atoms. The molecule has 3 nitrogen and oxygen atoms in total. The molecule has 1 unspecified atom stereocenters. The predicted octanol–water partition coefficient (Wildman–Crippen LogP) is 2.61. The summed E-state index contributed by atoms with van der Waals surface area (Å²) < 4.78 is 0.975. The number of nitrogens with zero attached hydrogens (tertiary/aromatic N) is 2. The Balaban J connectivity index is 2.15. The number of anilines is 1. The number of halogens is 1. The third kappa shape index (κ3) is 3.27. The molecule has 1 aliphatic rings. The van der Waals surface area contributed by atoms with E-state index in [1.165, 1.54) is 5.69 Å². The lowest BCUT2D eigenvalue weighted by Crippen LogP contribution is -2.51. The third-order valence-corrected chi connectivity index (χ3v) is 4.63. The van der Waals surface area contributed by atoms with Gasteiger partial charge in [0.05, 0.1) is 0 Å². The van der Waals surface area contributed by atoms with Crippen LogP contribution in [0, 0.1) is 0 Å². The van der Waals surface area contributed by atoms with Crippen LogP contribution in [0.1, 0.15) is 19.4 Å². The van der Waals surface area contributed by atoms with Crippen LogP contribution >= 0.6 is 28.1 Å². The van der Waals surface area contributed by atoms with Crippen LogP contribution in [0.25, 0.3) is 0 Å². The quantitative estimate of drug-likeness (QED) is 0.856. The van der Waals surface area contributed by atoms with Crippen LogP contribution < -0.4 is 10.6 Å². The Morgan fingerprint density at radius 2 is 2.21 bits per heavy atom. The molecule has 1 saturated heterocycles. The number of hydrogen-bond donors (Lipinski definition) is 1. The van der Waals surface area contributed by atoms with Gasteiger partial charge >= 0.3 is 0 Å². The fourth-order valence-electron chi connectivity index (χ4n) is 2.60. The van der Waals surface area contributed by atoms with Crippen LogP contribution in [0.2, 0.25) is 0 Å². The molecule has 1 aromatic carbocycles. The zero-order valence-corrected chi connectivity index (χ0v) is 13.8. The van der Waals surface area contributed by atoms with Crippen molar-refractivity contribution in [2.24, 2.45) is 5.73 Å². The average Bonchev–Trinajstić information content (AvgIpc) is 2.38. The molecule has 1 aliphatic heterocycles. The first-order chi connectivity index (χ1) is 9.02. The van der Waals surface area contributed by atoms with Gasteiger partial charge < -0.3 is 10.6 Å². The van der Waals surface area contributed by atoms with E-state index >= 15 is 0 Å². The maximum absolute atomic E-state index is 5.68. The number of likely N-dealkylation sites (N-methyl/N-ethyl adjacent to an activating group) is 1. The normalized spacial score (nSPS) is 20.6. The molecule has 2 rings (SSSR count). The minimum absolute atomic E-state index is 0.433. The van der Waals surface area contributed by atoms with Gasteiger partial charge in [0.1, 0.15) is 4.99 Å². The van der Waals surface area contributed by atoms with E-state index in [-0.39, 0.29) is 0 Å². The highest BCUT2D eigenvalue weighted by Crippen LogP contribution is 2.26. The fourth-order valence-corrected chi connectivity index (χ4v) is 3.49. The average molecular weight is 342 g/mol. The monoisotopic (exact) mass is 341 g/mol. The summed E-state index contributed by atoms with van der Waals surface area (Å²) in [6, 6.07) is 6.81. The third-order valence-electron chi connectivity index (χ3n) is 3.75. The van der Waals surface area contributed by atoms with Gasteiger partial charge in [-0.25, -0.2) is 0 Å². The molecule has 1 aromatic rings. The molecule has 104 valence electrons. The van der Waals surface area contributed by atoms with Gasteiger partial charge in [0.15, 0.2) is 0 Å². The van der Waals surface area contributed by atoms with Gasteiger partial charge in [-0.15, -0.1) is 0 Å². The largest absolute Gasteiger partial charge is 0.389 e. The van der Waals surface area contributed by atoms with Crippen LogP contribution in [0.5, 0.6) is 0 Å². The predicted molar refractivity (Wildman–Crippen MR) is 89.0 cm³/mol. The molecular weight excluding hydrogens is 322 g/mol. The standard InChI is InChI=1S/C14H20BrN3S/c1-3-17-6-7-18(9-10(17)2)11-4-5-12(14(16)19)13(15)8-11/h4-5,8,10H,3,6-7,9H2,1-2H3,(H2,16,19). The Labute approximate surface area is 128 Å².